The Balaban J connectivity index is 2.90. The Bertz CT molecular complexity index is 444. The lowest BCUT2D eigenvalue weighted by Gasteiger charge is -2.14. The van der Waals surface area contributed by atoms with Gasteiger partial charge in [-0.1, -0.05) is 55.5 Å². The van der Waals surface area contributed by atoms with Crippen molar-refractivity contribution in [2.45, 2.75) is 26.7 Å². The summed E-state index contributed by atoms with van der Waals surface area (Å²) >= 11 is 0. The summed E-state index contributed by atoms with van der Waals surface area (Å²) in [5.74, 6) is 1.31. The third kappa shape index (κ3) is 5.60. The van der Waals surface area contributed by atoms with Gasteiger partial charge in [0, 0.05) is 5.92 Å². The van der Waals surface area contributed by atoms with E-state index >= 15 is 0 Å². The van der Waals surface area contributed by atoms with Gasteiger partial charge in [-0.2, -0.15) is 0 Å². The van der Waals surface area contributed by atoms with Crippen LogP contribution in [-0.4, -0.2) is 7.11 Å². The molecule has 102 valence electrons. The average Bonchev–Trinajstić information content (AvgIpc) is 2.35. The summed E-state index contributed by atoms with van der Waals surface area (Å²) in [6, 6.07) is 0. The average molecular weight is 256 g/mol. The highest BCUT2D eigenvalue weighted by atomic mass is 16.5. The van der Waals surface area contributed by atoms with Crippen molar-refractivity contribution in [2.75, 3.05) is 7.11 Å². The zero-order valence-corrected chi connectivity index (χ0v) is 12.2. The summed E-state index contributed by atoms with van der Waals surface area (Å²) in [5, 5.41) is 0. The molecule has 0 aromatic heterocycles. The summed E-state index contributed by atoms with van der Waals surface area (Å²) < 4.78 is 5.23. The molecule has 0 saturated heterocycles. The van der Waals surface area contributed by atoms with Crippen molar-refractivity contribution in [2.24, 2.45) is 5.92 Å². The standard InChI is InChI=1S/C18H24O/c1-5-8-16(14-13-15(2)3)17-9-6-11-18(19-4)12-7-10-17/h6-9,11-14,17H,2,5,10H2,1,3-4H3/b9-6-,12-7-,14-13-,16-8+,18-11+. The Morgan fingerprint density at radius 2 is 2.26 bits per heavy atom. The summed E-state index contributed by atoms with van der Waals surface area (Å²) in [7, 11) is 1.70. The molecule has 1 aliphatic rings. The molecular weight excluding hydrogens is 232 g/mol. The van der Waals surface area contributed by atoms with E-state index in [-0.39, 0.29) is 0 Å². The largest absolute Gasteiger partial charge is 0.497 e. The molecule has 0 amide bonds. The highest BCUT2D eigenvalue weighted by molar-refractivity contribution is 5.33. The van der Waals surface area contributed by atoms with Crippen LogP contribution in [-0.2, 0) is 4.74 Å². The van der Waals surface area contributed by atoms with Gasteiger partial charge < -0.3 is 4.74 Å². The van der Waals surface area contributed by atoms with Crippen molar-refractivity contribution in [3.63, 3.8) is 0 Å². The first-order valence-corrected chi connectivity index (χ1v) is 6.80. The number of hydrogen-bond donors (Lipinski definition) is 0. The van der Waals surface area contributed by atoms with Gasteiger partial charge >= 0.3 is 0 Å². The van der Waals surface area contributed by atoms with E-state index in [1.165, 1.54) is 5.57 Å². The molecule has 1 rings (SSSR count). The molecule has 1 nitrogen and oxygen atoms in total. The molecule has 0 aromatic carbocycles. The lowest BCUT2D eigenvalue weighted by molar-refractivity contribution is 0.306. The SMILES string of the molecule is C=C(C)/C=C\C(=C/CC)C1\C=C/C=C(OC)\C=C/C1. The van der Waals surface area contributed by atoms with Gasteiger partial charge in [-0.05, 0) is 37.5 Å². The van der Waals surface area contributed by atoms with E-state index in [4.69, 9.17) is 4.74 Å². The van der Waals surface area contributed by atoms with E-state index in [0.717, 1.165) is 24.2 Å². The molecule has 1 aliphatic carbocycles. The third-order valence-electron chi connectivity index (χ3n) is 2.94. The molecule has 0 radical (unpaired) electrons. The van der Waals surface area contributed by atoms with Gasteiger partial charge in [0.15, 0.2) is 0 Å². The lowest BCUT2D eigenvalue weighted by Crippen LogP contribution is -2.00. The maximum atomic E-state index is 5.23. The Morgan fingerprint density at radius 1 is 1.47 bits per heavy atom. The number of hydrogen-bond acceptors (Lipinski definition) is 1. The topological polar surface area (TPSA) is 9.23 Å². The van der Waals surface area contributed by atoms with E-state index in [2.05, 4.69) is 50.0 Å². The molecule has 0 aromatic rings. The van der Waals surface area contributed by atoms with Crippen LogP contribution in [0.25, 0.3) is 0 Å². The molecule has 19 heavy (non-hydrogen) atoms. The Morgan fingerprint density at radius 3 is 2.89 bits per heavy atom. The fourth-order valence-electron chi connectivity index (χ4n) is 1.95. The number of ether oxygens (including phenoxy) is 1. The lowest BCUT2D eigenvalue weighted by atomic mass is 9.92. The smallest absolute Gasteiger partial charge is 0.118 e. The highest BCUT2D eigenvalue weighted by Crippen LogP contribution is 2.22. The molecule has 1 unspecified atom stereocenters. The van der Waals surface area contributed by atoms with Crippen LogP contribution in [0.2, 0.25) is 0 Å². The monoisotopic (exact) mass is 256 g/mol. The van der Waals surface area contributed by atoms with E-state index < -0.39 is 0 Å². The van der Waals surface area contributed by atoms with Crippen molar-refractivity contribution in [1.82, 2.24) is 0 Å². The fourth-order valence-corrected chi connectivity index (χ4v) is 1.95. The van der Waals surface area contributed by atoms with Gasteiger partial charge in [-0.25, -0.2) is 0 Å². The first-order chi connectivity index (χ1) is 9.17. The molecule has 0 aliphatic heterocycles. The van der Waals surface area contributed by atoms with Gasteiger partial charge in [0.25, 0.3) is 0 Å². The van der Waals surface area contributed by atoms with Gasteiger partial charge in [0.05, 0.1) is 7.11 Å². The molecular formula is C18H24O. The van der Waals surface area contributed by atoms with Crippen LogP contribution in [0.4, 0.5) is 0 Å². The zero-order valence-electron chi connectivity index (χ0n) is 12.2. The Labute approximate surface area is 117 Å². The molecule has 1 heteroatoms. The Hall–Kier alpha value is -1.76. The van der Waals surface area contributed by atoms with Crippen molar-refractivity contribution in [3.05, 3.63) is 72.1 Å². The minimum absolute atomic E-state index is 0.418. The summed E-state index contributed by atoms with van der Waals surface area (Å²) in [6.45, 7) is 8.10. The number of methoxy groups -OCH3 is 1. The maximum absolute atomic E-state index is 5.23. The van der Waals surface area contributed by atoms with Crippen molar-refractivity contribution in [3.8, 4) is 0 Å². The third-order valence-corrected chi connectivity index (χ3v) is 2.94. The molecule has 0 N–H and O–H groups in total. The molecule has 0 spiro atoms. The molecule has 0 fully saturated rings. The summed E-state index contributed by atoms with van der Waals surface area (Å²) in [4.78, 5) is 0. The van der Waals surface area contributed by atoms with Gasteiger partial charge in [-0.15, -0.1) is 0 Å². The van der Waals surface area contributed by atoms with Crippen LogP contribution in [0.5, 0.6) is 0 Å². The minimum Gasteiger partial charge on any atom is -0.497 e. The molecule has 0 bridgehead atoms. The van der Waals surface area contributed by atoms with Crippen LogP contribution in [0.3, 0.4) is 0 Å². The zero-order chi connectivity index (χ0) is 14.1. The van der Waals surface area contributed by atoms with E-state index in [1.54, 1.807) is 7.11 Å². The predicted octanol–water partition coefficient (Wildman–Crippen LogP) is 5.12. The van der Waals surface area contributed by atoms with Crippen LogP contribution in [0.1, 0.15) is 26.7 Å². The van der Waals surface area contributed by atoms with Gasteiger partial charge in [0.1, 0.15) is 5.76 Å². The van der Waals surface area contributed by atoms with E-state index in [9.17, 15) is 0 Å². The maximum Gasteiger partial charge on any atom is 0.118 e. The summed E-state index contributed by atoms with van der Waals surface area (Å²) in [6.07, 6.45) is 19.1. The fraction of sp³-hybridized carbons (Fsp3) is 0.333. The minimum atomic E-state index is 0.418. The van der Waals surface area contributed by atoms with Crippen LogP contribution in [0, 0.1) is 5.92 Å². The molecule has 1 atom stereocenters. The Kier molecular flexibility index (Phi) is 6.73. The normalized spacial score (nSPS) is 26.2. The van der Waals surface area contributed by atoms with Crippen molar-refractivity contribution < 1.29 is 4.74 Å². The van der Waals surface area contributed by atoms with Crippen LogP contribution >= 0.6 is 0 Å². The quantitative estimate of drug-likeness (QED) is 0.620. The summed E-state index contributed by atoms with van der Waals surface area (Å²) in [5.41, 5.74) is 2.43. The second-order valence-electron chi connectivity index (χ2n) is 4.69. The van der Waals surface area contributed by atoms with Gasteiger partial charge in [0.2, 0.25) is 0 Å². The first-order valence-electron chi connectivity index (χ1n) is 6.80. The van der Waals surface area contributed by atoms with Crippen LogP contribution < -0.4 is 0 Å². The second kappa shape index (κ2) is 8.36. The van der Waals surface area contributed by atoms with Crippen molar-refractivity contribution >= 4 is 0 Å². The molecule has 0 saturated carbocycles. The number of rotatable bonds is 5. The van der Waals surface area contributed by atoms with Gasteiger partial charge in [-0.3, -0.25) is 0 Å². The predicted molar refractivity (Wildman–Crippen MR) is 83.8 cm³/mol. The van der Waals surface area contributed by atoms with Crippen molar-refractivity contribution in [1.29, 1.82) is 0 Å². The molecule has 0 heterocycles. The highest BCUT2D eigenvalue weighted by Gasteiger charge is 2.08. The van der Waals surface area contributed by atoms with E-state index in [1.807, 2.05) is 19.1 Å². The van der Waals surface area contributed by atoms with E-state index in [0.29, 0.717) is 5.92 Å². The second-order valence-corrected chi connectivity index (χ2v) is 4.69. The van der Waals surface area contributed by atoms with Crippen LogP contribution in [0.15, 0.2) is 72.1 Å². The number of allylic oxidation sites excluding steroid dienone is 10. The first kappa shape index (κ1) is 15.3.